The average Bonchev–Trinajstić information content (AvgIpc) is 3.17. The highest BCUT2D eigenvalue weighted by Gasteiger charge is 2.17. The van der Waals surface area contributed by atoms with E-state index < -0.39 is 0 Å². The Morgan fingerprint density at radius 3 is 2.64 bits per heavy atom. The van der Waals surface area contributed by atoms with E-state index >= 15 is 0 Å². The molecule has 2 heterocycles. The highest BCUT2D eigenvalue weighted by molar-refractivity contribution is 5.97. The first-order chi connectivity index (χ1) is 16.0. The smallest absolute Gasteiger partial charge is 0.258 e. The third-order valence-electron chi connectivity index (χ3n) is 5.29. The molecule has 4 rings (SSSR count). The first-order valence-corrected chi connectivity index (χ1v) is 10.6. The molecule has 33 heavy (non-hydrogen) atoms. The van der Waals surface area contributed by atoms with Gasteiger partial charge in [0.2, 0.25) is 5.95 Å². The lowest BCUT2D eigenvalue weighted by Crippen LogP contribution is -2.29. The minimum Gasteiger partial charge on any atom is -0.497 e. The summed E-state index contributed by atoms with van der Waals surface area (Å²) in [5.41, 5.74) is 3.57. The van der Waals surface area contributed by atoms with Crippen molar-refractivity contribution in [3.8, 4) is 22.8 Å². The summed E-state index contributed by atoms with van der Waals surface area (Å²) in [5.74, 6) is 1.79. The molecule has 170 valence electrons. The molecule has 1 amide bonds. The summed E-state index contributed by atoms with van der Waals surface area (Å²) in [4.78, 5) is 23.5. The normalized spacial score (nSPS) is 10.8. The molecule has 0 fully saturated rings. The summed E-state index contributed by atoms with van der Waals surface area (Å²) in [5, 5.41) is 3.93. The van der Waals surface area contributed by atoms with Gasteiger partial charge < -0.3 is 24.3 Å². The van der Waals surface area contributed by atoms with Gasteiger partial charge in [0, 0.05) is 62.1 Å². The van der Waals surface area contributed by atoms with Crippen molar-refractivity contribution in [2.24, 2.45) is 7.05 Å². The van der Waals surface area contributed by atoms with Crippen molar-refractivity contribution >= 4 is 22.8 Å². The van der Waals surface area contributed by atoms with Gasteiger partial charge in [0.25, 0.3) is 5.91 Å². The summed E-state index contributed by atoms with van der Waals surface area (Å²) in [6.07, 6.45) is 3.80. The van der Waals surface area contributed by atoms with Gasteiger partial charge in [0.05, 0.1) is 12.8 Å². The van der Waals surface area contributed by atoms with Crippen LogP contribution in [0.1, 0.15) is 5.56 Å². The number of methoxy groups -OCH3 is 1. The van der Waals surface area contributed by atoms with Gasteiger partial charge in [-0.2, -0.15) is 0 Å². The molecular formula is C25H27N5O3. The molecule has 0 bridgehead atoms. The zero-order valence-electron chi connectivity index (χ0n) is 19.2. The van der Waals surface area contributed by atoms with Gasteiger partial charge in [0.1, 0.15) is 11.5 Å². The van der Waals surface area contributed by atoms with E-state index in [0.717, 1.165) is 33.5 Å². The molecule has 0 unspecified atom stereocenters. The number of aryl methyl sites for hydroxylation is 1. The number of benzene rings is 2. The number of nitrogens with zero attached hydrogens (tertiary/aromatic N) is 4. The molecule has 0 atom stereocenters. The summed E-state index contributed by atoms with van der Waals surface area (Å²) >= 11 is 0. The summed E-state index contributed by atoms with van der Waals surface area (Å²) in [6, 6.07) is 15.2. The second-order valence-electron chi connectivity index (χ2n) is 7.85. The molecule has 0 aliphatic heterocycles. The summed E-state index contributed by atoms with van der Waals surface area (Å²) < 4.78 is 13.0. The minimum atomic E-state index is -0.221. The van der Waals surface area contributed by atoms with Crippen LogP contribution >= 0.6 is 0 Å². The topological polar surface area (TPSA) is 81.5 Å². The Kier molecular flexibility index (Phi) is 6.44. The lowest BCUT2D eigenvalue weighted by atomic mass is 10.1. The molecule has 0 aliphatic rings. The van der Waals surface area contributed by atoms with Crippen LogP contribution in [0.2, 0.25) is 0 Å². The summed E-state index contributed by atoms with van der Waals surface area (Å²) in [6.45, 7) is 0.210. The van der Waals surface area contributed by atoms with Gasteiger partial charge in [-0.15, -0.1) is 0 Å². The first-order valence-electron chi connectivity index (χ1n) is 10.6. The van der Waals surface area contributed by atoms with Crippen molar-refractivity contribution in [3.63, 3.8) is 0 Å². The molecule has 0 aliphatic carbocycles. The van der Waals surface area contributed by atoms with Crippen LogP contribution in [-0.2, 0) is 18.4 Å². The van der Waals surface area contributed by atoms with Gasteiger partial charge in [-0.25, -0.2) is 9.97 Å². The van der Waals surface area contributed by atoms with E-state index in [-0.39, 0.29) is 19.1 Å². The number of carbonyl (C=O) groups is 1. The predicted molar refractivity (Wildman–Crippen MR) is 129 cm³/mol. The third-order valence-corrected chi connectivity index (χ3v) is 5.29. The van der Waals surface area contributed by atoms with Crippen LogP contribution < -0.4 is 19.7 Å². The molecule has 2 aromatic heterocycles. The van der Waals surface area contributed by atoms with Crippen LogP contribution in [0.3, 0.4) is 0 Å². The fraction of sp³-hybridized carbons (Fsp3) is 0.240. The predicted octanol–water partition coefficient (Wildman–Crippen LogP) is 3.41. The highest BCUT2D eigenvalue weighted by Crippen LogP contribution is 2.34. The number of nitrogens with one attached hydrogen (secondary N) is 1. The van der Waals surface area contributed by atoms with Gasteiger partial charge in [0.15, 0.2) is 6.61 Å². The van der Waals surface area contributed by atoms with Crippen molar-refractivity contribution in [1.29, 1.82) is 0 Å². The largest absolute Gasteiger partial charge is 0.497 e. The molecule has 8 heteroatoms. The number of aromatic nitrogens is 3. The number of ether oxygens (including phenoxy) is 2. The standard InChI is InChI=1S/C25H27N5O3/c1-29(2)25-27-14-17(13-26-23(31)16-33-18-8-6-5-7-9-18)24(28-25)21-15-30(3)22-11-10-19(32-4)12-20(21)22/h5-12,14-15H,13,16H2,1-4H3,(H,26,31). The SMILES string of the molecule is COc1ccc2c(c1)c(-c1nc(N(C)C)ncc1CNC(=O)COc1ccccc1)cn2C. The fourth-order valence-corrected chi connectivity index (χ4v) is 3.57. The number of fused-ring (bicyclic) bond motifs is 1. The van der Waals surface area contributed by atoms with Crippen molar-refractivity contribution in [2.75, 3.05) is 32.7 Å². The molecule has 2 aromatic carbocycles. The van der Waals surface area contributed by atoms with E-state index in [1.54, 1.807) is 13.3 Å². The van der Waals surface area contributed by atoms with Crippen molar-refractivity contribution in [1.82, 2.24) is 19.9 Å². The monoisotopic (exact) mass is 445 g/mol. The minimum absolute atomic E-state index is 0.0680. The molecule has 1 N–H and O–H groups in total. The van der Waals surface area contributed by atoms with Crippen molar-refractivity contribution < 1.29 is 14.3 Å². The lowest BCUT2D eigenvalue weighted by Gasteiger charge is -2.15. The molecule has 0 radical (unpaired) electrons. The average molecular weight is 446 g/mol. The second kappa shape index (κ2) is 9.60. The third kappa shape index (κ3) is 4.90. The maximum absolute atomic E-state index is 12.4. The number of hydrogen-bond donors (Lipinski definition) is 1. The van der Waals surface area contributed by atoms with Gasteiger partial charge in [-0.3, -0.25) is 4.79 Å². The molecule has 0 saturated heterocycles. The maximum atomic E-state index is 12.4. The Morgan fingerprint density at radius 2 is 1.91 bits per heavy atom. The Labute approximate surface area is 192 Å². The second-order valence-corrected chi connectivity index (χ2v) is 7.85. The number of hydrogen-bond acceptors (Lipinski definition) is 6. The highest BCUT2D eigenvalue weighted by atomic mass is 16.5. The van der Waals surface area contributed by atoms with Crippen LogP contribution in [0, 0.1) is 0 Å². The first kappa shape index (κ1) is 22.1. The Morgan fingerprint density at radius 1 is 1.12 bits per heavy atom. The van der Waals surface area contributed by atoms with Crippen molar-refractivity contribution in [3.05, 3.63) is 66.5 Å². The Balaban J connectivity index is 1.62. The molecule has 0 spiro atoms. The van der Waals surface area contributed by atoms with E-state index in [9.17, 15) is 4.79 Å². The van der Waals surface area contributed by atoms with E-state index in [0.29, 0.717) is 11.7 Å². The quantitative estimate of drug-likeness (QED) is 0.448. The van der Waals surface area contributed by atoms with Crippen LogP contribution in [0.25, 0.3) is 22.2 Å². The molecule has 4 aromatic rings. The number of amides is 1. The van der Waals surface area contributed by atoms with E-state index in [4.69, 9.17) is 14.5 Å². The Hall–Kier alpha value is -4.07. The van der Waals surface area contributed by atoms with Gasteiger partial charge in [-0.05, 0) is 30.3 Å². The van der Waals surface area contributed by atoms with E-state index in [1.165, 1.54) is 0 Å². The van der Waals surface area contributed by atoms with Crippen LogP contribution in [0.4, 0.5) is 5.95 Å². The van der Waals surface area contributed by atoms with E-state index in [2.05, 4.69) is 14.9 Å². The van der Waals surface area contributed by atoms with E-state index in [1.807, 2.05) is 80.8 Å². The van der Waals surface area contributed by atoms with Crippen LogP contribution in [0.5, 0.6) is 11.5 Å². The Bertz CT molecular complexity index is 1270. The molecule has 8 nitrogen and oxygen atoms in total. The number of anilines is 1. The number of rotatable bonds is 8. The molecular weight excluding hydrogens is 418 g/mol. The van der Waals surface area contributed by atoms with Crippen molar-refractivity contribution in [2.45, 2.75) is 6.54 Å². The lowest BCUT2D eigenvalue weighted by molar-refractivity contribution is -0.123. The van der Waals surface area contributed by atoms with Crippen LogP contribution in [0.15, 0.2) is 60.9 Å². The van der Waals surface area contributed by atoms with Crippen LogP contribution in [-0.4, -0.2) is 48.3 Å². The maximum Gasteiger partial charge on any atom is 0.258 e. The zero-order chi connectivity index (χ0) is 23.4. The fourth-order valence-electron chi connectivity index (χ4n) is 3.57. The molecule has 0 saturated carbocycles. The number of para-hydroxylation sites is 1. The van der Waals surface area contributed by atoms with Gasteiger partial charge in [-0.1, -0.05) is 18.2 Å². The summed E-state index contributed by atoms with van der Waals surface area (Å²) in [7, 11) is 7.44. The zero-order valence-corrected chi connectivity index (χ0v) is 19.2. The van der Waals surface area contributed by atoms with Gasteiger partial charge >= 0.3 is 0 Å². The number of carbonyl (C=O) groups excluding carboxylic acids is 1.